The van der Waals surface area contributed by atoms with Crippen molar-refractivity contribution in [2.45, 2.75) is 12.8 Å². The lowest BCUT2D eigenvalue weighted by molar-refractivity contribution is 0.0841. The maximum Gasteiger partial charge on any atom is 0.258 e. The second-order valence-corrected chi connectivity index (χ2v) is 9.78. The van der Waals surface area contributed by atoms with Crippen LogP contribution in [0.5, 0.6) is 5.75 Å². The molecule has 0 saturated carbocycles. The number of hydrogen-bond acceptors (Lipinski definition) is 4. The van der Waals surface area contributed by atoms with Gasteiger partial charge >= 0.3 is 0 Å². The van der Waals surface area contributed by atoms with Gasteiger partial charge in [0.05, 0.1) is 7.11 Å². The Hall–Kier alpha value is -4.23. The Morgan fingerprint density at radius 2 is 1.49 bits per heavy atom. The fourth-order valence-corrected chi connectivity index (χ4v) is 5.06. The van der Waals surface area contributed by atoms with Crippen molar-refractivity contribution in [3.05, 3.63) is 114 Å². The van der Waals surface area contributed by atoms with Crippen molar-refractivity contribution in [3.8, 4) is 11.4 Å². The molecule has 0 aliphatic carbocycles. The highest BCUT2D eigenvalue weighted by Crippen LogP contribution is 2.24. The number of piperidine rings is 1. The number of hydrogen-bond donors (Lipinski definition) is 0. The highest BCUT2D eigenvalue weighted by atomic mass is 19.1. The molecule has 1 fully saturated rings. The molecule has 1 aliphatic heterocycles. The summed E-state index contributed by atoms with van der Waals surface area (Å²) in [5.41, 5.74) is 2.97. The zero-order valence-corrected chi connectivity index (χ0v) is 22.0. The number of carbonyl (C=O) groups excluding carboxylic acids is 2. The summed E-state index contributed by atoms with van der Waals surface area (Å²) in [6.07, 6.45) is 5.43. The first-order valence-electron chi connectivity index (χ1n) is 13.2. The minimum absolute atomic E-state index is 0.0650. The van der Waals surface area contributed by atoms with E-state index in [0.29, 0.717) is 24.2 Å². The molecule has 1 amide bonds. The van der Waals surface area contributed by atoms with Crippen molar-refractivity contribution < 1.29 is 18.7 Å². The summed E-state index contributed by atoms with van der Waals surface area (Å²) in [4.78, 5) is 30.7. The highest BCUT2D eigenvalue weighted by molar-refractivity contribution is 6.06. The lowest BCUT2D eigenvalue weighted by Gasteiger charge is -2.33. The summed E-state index contributed by atoms with van der Waals surface area (Å²) >= 11 is 0. The molecule has 1 aliphatic rings. The van der Waals surface area contributed by atoms with Crippen LogP contribution in [0.15, 0.2) is 97.3 Å². The SMILES string of the molecule is COc1ccc(N(CCN2CCC(C(=O)c3ccc(F)cc3)CC2)C(=O)c2ccc(-n3cccc3)cc2)cc1. The van der Waals surface area contributed by atoms with Gasteiger partial charge in [-0.25, -0.2) is 4.39 Å². The number of benzene rings is 3. The summed E-state index contributed by atoms with van der Waals surface area (Å²) in [6, 6.07) is 24.9. The van der Waals surface area contributed by atoms with E-state index in [4.69, 9.17) is 4.74 Å². The average molecular weight is 526 g/mol. The first kappa shape index (κ1) is 26.4. The number of ketones is 1. The van der Waals surface area contributed by atoms with Crippen molar-refractivity contribution in [3.63, 3.8) is 0 Å². The van der Waals surface area contributed by atoms with Crippen LogP contribution in [0.3, 0.4) is 0 Å². The Bertz CT molecular complexity index is 1380. The van der Waals surface area contributed by atoms with Gasteiger partial charge in [-0.05, 0) is 111 Å². The molecule has 5 rings (SSSR count). The number of amides is 1. The summed E-state index contributed by atoms with van der Waals surface area (Å²) in [7, 11) is 1.62. The molecule has 0 atom stereocenters. The fraction of sp³-hybridized carbons (Fsp3) is 0.250. The van der Waals surface area contributed by atoms with Crippen LogP contribution >= 0.6 is 0 Å². The molecule has 0 radical (unpaired) electrons. The summed E-state index contributed by atoms with van der Waals surface area (Å²) in [5, 5.41) is 0. The monoisotopic (exact) mass is 525 g/mol. The van der Waals surface area contributed by atoms with Gasteiger partial charge < -0.3 is 19.1 Å². The molecule has 7 heteroatoms. The molecule has 0 unspecified atom stereocenters. The van der Waals surface area contributed by atoms with Crippen LogP contribution in [0.2, 0.25) is 0 Å². The number of likely N-dealkylation sites (tertiary alicyclic amines) is 1. The Morgan fingerprint density at radius 1 is 0.872 bits per heavy atom. The molecule has 3 aromatic carbocycles. The number of Topliss-reactive ketones (excluding diaryl/α,β-unsaturated/α-hetero) is 1. The van der Waals surface area contributed by atoms with Gasteiger partial charge in [-0.1, -0.05) is 0 Å². The lowest BCUT2D eigenvalue weighted by atomic mass is 9.89. The molecular weight excluding hydrogens is 493 g/mol. The summed E-state index contributed by atoms with van der Waals surface area (Å²) < 4.78 is 20.5. The molecule has 0 spiro atoms. The minimum Gasteiger partial charge on any atom is -0.497 e. The van der Waals surface area contributed by atoms with Crippen molar-refractivity contribution in [2.75, 3.05) is 38.2 Å². The van der Waals surface area contributed by atoms with E-state index in [1.807, 2.05) is 77.6 Å². The van der Waals surface area contributed by atoms with Gasteiger partial charge in [-0.15, -0.1) is 0 Å². The minimum atomic E-state index is -0.339. The number of carbonyl (C=O) groups is 2. The van der Waals surface area contributed by atoms with E-state index in [1.54, 1.807) is 24.1 Å². The molecular formula is C32H32FN3O3. The Morgan fingerprint density at radius 3 is 2.10 bits per heavy atom. The van der Waals surface area contributed by atoms with Gasteiger partial charge in [0.15, 0.2) is 5.78 Å². The molecule has 39 heavy (non-hydrogen) atoms. The first-order chi connectivity index (χ1) is 19.0. The molecule has 0 N–H and O–H groups in total. The summed E-state index contributed by atoms with van der Waals surface area (Å²) in [6.45, 7) is 2.75. The zero-order valence-electron chi connectivity index (χ0n) is 22.0. The molecule has 2 heterocycles. The number of aromatic nitrogens is 1. The largest absolute Gasteiger partial charge is 0.497 e. The third kappa shape index (κ3) is 6.26. The number of rotatable bonds is 9. The average Bonchev–Trinajstić information content (AvgIpc) is 3.53. The Balaban J connectivity index is 1.25. The molecule has 0 bridgehead atoms. The van der Waals surface area contributed by atoms with Gasteiger partial charge in [-0.2, -0.15) is 0 Å². The Labute approximate surface area is 228 Å². The molecule has 6 nitrogen and oxygen atoms in total. The third-order valence-corrected chi connectivity index (χ3v) is 7.37. The third-order valence-electron chi connectivity index (χ3n) is 7.37. The van der Waals surface area contributed by atoms with Gasteiger partial charge in [0.25, 0.3) is 5.91 Å². The normalized spacial score (nSPS) is 14.2. The van der Waals surface area contributed by atoms with E-state index in [1.165, 1.54) is 12.1 Å². The molecule has 4 aromatic rings. The number of halogens is 1. The van der Waals surface area contributed by atoms with Crippen molar-refractivity contribution in [1.29, 1.82) is 0 Å². The van der Waals surface area contributed by atoms with E-state index < -0.39 is 0 Å². The summed E-state index contributed by atoms with van der Waals surface area (Å²) in [5.74, 6) is 0.336. The quantitative estimate of drug-likeness (QED) is 0.257. The maximum absolute atomic E-state index is 13.7. The second-order valence-electron chi connectivity index (χ2n) is 9.78. The van der Waals surface area contributed by atoms with E-state index in [0.717, 1.165) is 43.1 Å². The van der Waals surface area contributed by atoms with Gasteiger partial charge in [-0.3, -0.25) is 9.59 Å². The predicted octanol–water partition coefficient (Wildman–Crippen LogP) is 5.87. The van der Waals surface area contributed by atoms with Crippen LogP contribution < -0.4 is 9.64 Å². The van der Waals surface area contributed by atoms with Crippen LogP contribution in [0.1, 0.15) is 33.6 Å². The second kappa shape index (κ2) is 12.1. The van der Waals surface area contributed by atoms with Gasteiger partial charge in [0.1, 0.15) is 11.6 Å². The lowest BCUT2D eigenvalue weighted by Crippen LogP contribution is -2.42. The number of methoxy groups -OCH3 is 1. The van der Waals surface area contributed by atoms with E-state index >= 15 is 0 Å². The zero-order chi connectivity index (χ0) is 27.2. The van der Waals surface area contributed by atoms with Gasteiger partial charge in [0.2, 0.25) is 0 Å². The maximum atomic E-state index is 13.7. The van der Waals surface area contributed by atoms with Crippen LogP contribution in [0.25, 0.3) is 5.69 Å². The van der Waals surface area contributed by atoms with Crippen molar-refractivity contribution in [1.82, 2.24) is 9.47 Å². The number of anilines is 1. The molecule has 200 valence electrons. The van der Waals surface area contributed by atoms with E-state index in [9.17, 15) is 14.0 Å². The topological polar surface area (TPSA) is 54.8 Å². The molecule has 1 saturated heterocycles. The smallest absolute Gasteiger partial charge is 0.258 e. The highest BCUT2D eigenvalue weighted by Gasteiger charge is 2.27. The van der Waals surface area contributed by atoms with E-state index in [2.05, 4.69) is 4.90 Å². The standard InChI is InChI=1S/C32H32FN3O3/c1-39-30-14-12-29(13-15-30)36(32(38)26-6-10-28(11-7-26)35-18-2-3-19-35)23-22-34-20-16-25(17-21-34)31(37)24-4-8-27(33)9-5-24/h2-15,18-19,25H,16-17,20-23H2,1H3. The predicted molar refractivity (Wildman–Crippen MR) is 150 cm³/mol. The van der Waals surface area contributed by atoms with Crippen LogP contribution in [0.4, 0.5) is 10.1 Å². The van der Waals surface area contributed by atoms with Crippen LogP contribution in [-0.4, -0.2) is 54.4 Å². The number of ether oxygens (including phenoxy) is 1. The first-order valence-corrected chi connectivity index (χ1v) is 13.2. The van der Waals surface area contributed by atoms with E-state index in [-0.39, 0.29) is 23.4 Å². The van der Waals surface area contributed by atoms with Crippen LogP contribution in [0, 0.1) is 11.7 Å². The molecule has 1 aromatic heterocycles. The van der Waals surface area contributed by atoms with Gasteiger partial charge in [0, 0.05) is 53.9 Å². The van der Waals surface area contributed by atoms with Crippen molar-refractivity contribution in [2.24, 2.45) is 5.92 Å². The fourth-order valence-electron chi connectivity index (χ4n) is 5.06. The Kier molecular flexibility index (Phi) is 8.18. The van der Waals surface area contributed by atoms with Crippen LogP contribution in [-0.2, 0) is 0 Å². The number of nitrogens with zero attached hydrogens (tertiary/aromatic N) is 3. The van der Waals surface area contributed by atoms with Crippen molar-refractivity contribution >= 4 is 17.4 Å².